The van der Waals surface area contributed by atoms with Crippen LogP contribution in [0.5, 0.6) is 0 Å². The molecule has 3 amide bonds. The zero-order valence-electron chi connectivity index (χ0n) is 14.1. The maximum absolute atomic E-state index is 12.0. The van der Waals surface area contributed by atoms with Gasteiger partial charge in [-0.05, 0) is 6.42 Å². The Bertz CT molecular complexity index is 651. The number of carboxylic acid groups (broad SMARTS) is 1. The second-order valence-corrected chi connectivity index (χ2v) is 5.57. The number of aliphatic hydroxyl groups is 3. The number of carbonyl (C=O) groups excluding carboxylic acids is 2. The maximum atomic E-state index is 12.0. The molecule has 0 unspecified atom stereocenters. The average molecular weight is 390 g/mol. The van der Waals surface area contributed by atoms with Crippen LogP contribution < -0.4 is 22.1 Å². The lowest BCUT2D eigenvalue weighted by atomic mass is 10.1. The molecule has 1 heterocycles. The molecule has 0 fully saturated rings. The number of aliphatic hydroxyl groups excluding tert-OH is 2. The first-order valence-electron chi connectivity index (χ1n) is 7.78. The Kier molecular flexibility index (Phi) is 8.53. The number of aliphatic carboxylic acids is 1. The highest BCUT2D eigenvalue weighted by Gasteiger charge is 2.27. The van der Waals surface area contributed by atoms with Gasteiger partial charge in [0.15, 0.2) is 12.1 Å². The predicted octanol–water partition coefficient (Wildman–Crippen LogP) is -3.18. The number of nitrogens with two attached hydrogens (primary N) is 2. The molecule has 27 heavy (non-hydrogen) atoms. The van der Waals surface area contributed by atoms with Gasteiger partial charge in [-0.1, -0.05) is 5.16 Å². The summed E-state index contributed by atoms with van der Waals surface area (Å²) in [6.45, 7) is -0.468. The lowest BCUT2D eigenvalue weighted by Crippen LogP contribution is -2.47. The first-order chi connectivity index (χ1) is 12.6. The summed E-state index contributed by atoms with van der Waals surface area (Å²) in [5.41, 5.74) is 10.6. The van der Waals surface area contributed by atoms with E-state index < -0.39 is 55.4 Å². The Hall–Kier alpha value is -2.81. The number of nitrogens with one attached hydrogen (secondary N) is 2. The Morgan fingerprint density at radius 1 is 1.19 bits per heavy atom. The van der Waals surface area contributed by atoms with Crippen molar-refractivity contribution in [3.63, 3.8) is 0 Å². The van der Waals surface area contributed by atoms with Crippen LogP contribution in [0.2, 0.25) is 0 Å². The number of aromatic nitrogens is 2. The van der Waals surface area contributed by atoms with Crippen LogP contribution in [0, 0.1) is 0 Å². The third-order valence-electron chi connectivity index (χ3n) is 3.31. The predicted molar refractivity (Wildman–Crippen MR) is 85.4 cm³/mol. The van der Waals surface area contributed by atoms with Gasteiger partial charge in [0.1, 0.15) is 12.1 Å². The van der Waals surface area contributed by atoms with Crippen molar-refractivity contribution in [1.29, 1.82) is 0 Å². The summed E-state index contributed by atoms with van der Waals surface area (Å²) >= 11 is 0. The second kappa shape index (κ2) is 10.4. The Morgan fingerprint density at radius 2 is 1.85 bits per heavy atom. The Morgan fingerprint density at radius 3 is 2.37 bits per heavy atom. The van der Waals surface area contributed by atoms with Crippen molar-refractivity contribution in [2.24, 2.45) is 11.5 Å². The fraction of sp³-hybridized carbons (Fsp3) is 0.615. The number of carbonyl (C=O) groups is 3. The molecule has 10 N–H and O–H groups in total. The second-order valence-electron chi connectivity index (χ2n) is 5.57. The molecule has 1 rings (SSSR count). The average Bonchev–Trinajstić information content (AvgIpc) is 3.06. The van der Waals surface area contributed by atoms with E-state index in [9.17, 15) is 14.4 Å². The van der Waals surface area contributed by atoms with Gasteiger partial charge in [-0.3, -0.25) is 4.79 Å². The number of rotatable bonds is 11. The third-order valence-corrected chi connectivity index (χ3v) is 3.31. The van der Waals surface area contributed by atoms with E-state index in [0.29, 0.717) is 0 Å². The van der Waals surface area contributed by atoms with Crippen LogP contribution in [0.3, 0.4) is 0 Å². The number of carboxylic acids is 1. The molecule has 0 saturated carbocycles. The molecule has 0 saturated heterocycles. The van der Waals surface area contributed by atoms with E-state index in [4.69, 9.17) is 36.4 Å². The topological polar surface area (TPSA) is 247 Å². The van der Waals surface area contributed by atoms with Crippen molar-refractivity contribution in [1.82, 2.24) is 20.8 Å². The van der Waals surface area contributed by atoms with Gasteiger partial charge < -0.3 is 47.1 Å². The van der Waals surface area contributed by atoms with E-state index in [1.54, 1.807) is 0 Å². The van der Waals surface area contributed by atoms with Crippen LogP contribution in [-0.4, -0.2) is 67.4 Å². The number of hydrogen-bond acceptors (Lipinski definition) is 10. The summed E-state index contributed by atoms with van der Waals surface area (Å²) in [6.07, 6.45) is -2.70. The summed E-state index contributed by atoms with van der Waals surface area (Å²) < 4.78 is 4.90. The molecular weight excluding hydrogens is 368 g/mol. The summed E-state index contributed by atoms with van der Waals surface area (Å²) in [7, 11) is 0. The van der Waals surface area contributed by atoms with E-state index in [2.05, 4.69) is 20.8 Å². The SMILES string of the molecule is NC(=O)C[C@H](NC(=O)N[C@@H](CCC(O)O)C(=O)O)c1nc([C@@H](N)CO)no1. The van der Waals surface area contributed by atoms with Crippen molar-refractivity contribution in [3.8, 4) is 0 Å². The largest absolute Gasteiger partial charge is 0.480 e. The van der Waals surface area contributed by atoms with Gasteiger partial charge in [0.05, 0.1) is 19.1 Å². The molecule has 14 nitrogen and oxygen atoms in total. The standard InChI is InChI=1S/C13H22N6O8/c14-5(4-20)10-18-11(27-19-10)7(3-8(15)21)17-13(26)16-6(12(24)25)1-2-9(22)23/h5-7,9,20,22-23H,1-4,14H2,(H2,15,21)(H,24,25)(H2,16,17,26)/t5-,6-,7-/m0/s1. The zero-order chi connectivity index (χ0) is 20.6. The van der Waals surface area contributed by atoms with Crippen LogP contribution in [0.4, 0.5) is 4.79 Å². The van der Waals surface area contributed by atoms with Gasteiger partial charge in [0.2, 0.25) is 11.8 Å². The highest BCUT2D eigenvalue weighted by atomic mass is 16.5. The molecule has 0 bridgehead atoms. The quantitative estimate of drug-likeness (QED) is 0.175. The zero-order valence-corrected chi connectivity index (χ0v) is 14.1. The highest BCUT2D eigenvalue weighted by molar-refractivity contribution is 5.83. The van der Waals surface area contributed by atoms with Crippen molar-refractivity contribution >= 4 is 17.9 Å². The minimum absolute atomic E-state index is 0.0653. The molecule has 1 aromatic rings. The summed E-state index contributed by atoms with van der Waals surface area (Å²) in [6, 6.07) is -4.52. The van der Waals surface area contributed by atoms with Crippen molar-refractivity contribution in [3.05, 3.63) is 11.7 Å². The maximum Gasteiger partial charge on any atom is 0.326 e. The summed E-state index contributed by atoms with van der Waals surface area (Å²) in [4.78, 5) is 38.3. The number of amides is 3. The lowest BCUT2D eigenvalue weighted by molar-refractivity contribution is -0.139. The van der Waals surface area contributed by atoms with Crippen LogP contribution in [0.25, 0.3) is 0 Å². The number of hydrogen-bond donors (Lipinski definition) is 8. The van der Waals surface area contributed by atoms with Crippen LogP contribution in [0.1, 0.15) is 43.1 Å². The highest BCUT2D eigenvalue weighted by Crippen LogP contribution is 2.16. The fourth-order valence-corrected chi connectivity index (χ4v) is 1.95. The normalized spacial score (nSPS) is 14.4. The van der Waals surface area contributed by atoms with Crippen molar-refractivity contribution in [2.75, 3.05) is 6.61 Å². The van der Waals surface area contributed by atoms with Gasteiger partial charge in [-0.2, -0.15) is 4.98 Å². The van der Waals surface area contributed by atoms with Crippen LogP contribution >= 0.6 is 0 Å². The molecule has 1 aromatic heterocycles. The number of nitrogens with zero attached hydrogens (tertiary/aromatic N) is 2. The van der Waals surface area contributed by atoms with E-state index in [1.165, 1.54) is 0 Å². The van der Waals surface area contributed by atoms with E-state index in [0.717, 1.165) is 0 Å². The molecule has 0 aliphatic carbocycles. The number of urea groups is 1. The molecule has 0 aromatic carbocycles. The smallest absolute Gasteiger partial charge is 0.326 e. The van der Waals surface area contributed by atoms with E-state index in [1.807, 2.05) is 0 Å². The molecule has 0 aliphatic rings. The molecule has 0 radical (unpaired) electrons. The molecule has 3 atom stereocenters. The Balaban J connectivity index is 2.83. The van der Waals surface area contributed by atoms with E-state index >= 15 is 0 Å². The van der Waals surface area contributed by atoms with Crippen LogP contribution in [-0.2, 0) is 9.59 Å². The van der Waals surface area contributed by atoms with Gasteiger partial charge in [-0.15, -0.1) is 0 Å². The monoisotopic (exact) mass is 390 g/mol. The molecule has 14 heteroatoms. The van der Waals surface area contributed by atoms with Gasteiger partial charge >= 0.3 is 12.0 Å². The lowest BCUT2D eigenvalue weighted by Gasteiger charge is -2.18. The summed E-state index contributed by atoms with van der Waals surface area (Å²) in [5, 5.41) is 43.5. The third kappa shape index (κ3) is 7.53. The van der Waals surface area contributed by atoms with Crippen LogP contribution in [0.15, 0.2) is 4.52 Å². The van der Waals surface area contributed by atoms with Crippen molar-refractivity contribution < 1.29 is 39.3 Å². The first kappa shape index (κ1) is 22.2. The minimum Gasteiger partial charge on any atom is -0.480 e. The first-order valence-corrected chi connectivity index (χ1v) is 7.78. The molecule has 0 spiro atoms. The fourth-order valence-electron chi connectivity index (χ4n) is 1.95. The summed E-state index contributed by atoms with van der Waals surface area (Å²) in [5.74, 6) is -2.50. The minimum atomic E-state index is -1.73. The molecule has 0 aliphatic heterocycles. The van der Waals surface area contributed by atoms with E-state index in [-0.39, 0.29) is 24.6 Å². The van der Waals surface area contributed by atoms with Crippen molar-refractivity contribution in [2.45, 2.75) is 43.7 Å². The Labute approximate surface area is 152 Å². The van der Waals surface area contributed by atoms with Gasteiger partial charge in [0, 0.05) is 6.42 Å². The van der Waals surface area contributed by atoms with Gasteiger partial charge in [0.25, 0.3) is 0 Å². The molecular formula is C13H22N6O8. The number of primary amides is 1. The molecule has 152 valence electrons. The van der Waals surface area contributed by atoms with Gasteiger partial charge in [-0.25, -0.2) is 9.59 Å².